The summed E-state index contributed by atoms with van der Waals surface area (Å²) < 4.78 is 5.72. The van der Waals surface area contributed by atoms with E-state index in [0.717, 1.165) is 43.3 Å². The van der Waals surface area contributed by atoms with Gasteiger partial charge in [-0.15, -0.1) is 10.2 Å². The summed E-state index contributed by atoms with van der Waals surface area (Å²) >= 11 is 0. The van der Waals surface area contributed by atoms with Gasteiger partial charge in [0.25, 0.3) is 0 Å². The van der Waals surface area contributed by atoms with Crippen molar-refractivity contribution in [2.24, 2.45) is 0 Å². The molecule has 3 rings (SSSR count). The first-order valence-electron chi connectivity index (χ1n) is 7.50. The topological polar surface area (TPSA) is 51.0 Å². The molecule has 0 bridgehead atoms. The first-order chi connectivity index (χ1) is 9.85. The minimum Gasteiger partial charge on any atom is -0.421 e. The fourth-order valence-electron chi connectivity index (χ4n) is 2.19. The van der Waals surface area contributed by atoms with Crippen LogP contribution in [0.25, 0.3) is 11.5 Å². The highest BCUT2D eigenvalue weighted by atomic mass is 16.4. The van der Waals surface area contributed by atoms with Gasteiger partial charge >= 0.3 is 0 Å². The summed E-state index contributed by atoms with van der Waals surface area (Å²) in [7, 11) is 0. The van der Waals surface area contributed by atoms with Crippen molar-refractivity contribution in [3.63, 3.8) is 0 Å². The van der Waals surface area contributed by atoms with Crippen LogP contribution in [0.1, 0.15) is 37.6 Å². The van der Waals surface area contributed by atoms with E-state index in [-0.39, 0.29) is 0 Å². The second-order valence-electron chi connectivity index (χ2n) is 5.38. The predicted molar refractivity (Wildman–Crippen MR) is 78.5 cm³/mol. The van der Waals surface area contributed by atoms with Gasteiger partial charge in [-0.2, -0.15) is 0 Å². The fraction of sp³-hybridized carbons (Fsp3) is 0.500. The van der Waals surface area contributed by atoms with Crippen LogP contribution >= 0.6 is 0 Å². The second kappa shape index (κ2) is 6.18. The SMILES string of the molecule is CCc1ccc(-c2nnc(CCCNC3CC3)o2)cc1. The van der Waals surface area contributed by atoms with Crippen LogP contribution in [0, 0.1) is 0 Å². The Morgan fingerprint density at radius 3 is 2.70 bits per heavy atom. The Bertz CT molecular complexity index is 543. The molecule has 0 aliphatic heterocycles. The van der Waals surface area contributed by atoms with E-state index < -0.39 is 0 Å². The van der Waals surface area contributed by atoms with E-state index in [0.29, 0.717) is 5.89 Å². The lowest BCUT2D eigenvalue weighted by atomic mass is 10.1. The minimum absolute atomic E-state index is 0.623. The van der Waals surface area contributed by atoms with Crippen LogP contribution in [0.5, 0.6) is 0 Å². The molecule has 20 heavy (non-hydrogen) atoms. The average Bonchev–Trinajstić information content (AvgIpc) is 3.20. The molecule has 1 aliphatic carbocycles. The Hall–Kier alpha value is -1.68. The first kappa shape index (κ1) is 13.3. The molecule has 106 valence electrons. The van der Waals surface area contributed by atoms with Gasteiger partial charge in [-0.25, -0.2) is 0 Å². The van der Waals surface area contributed by atoms with Crippen LogP contribution in [-0.4, -0.2) is 22.8 Å². The van der Waals surface area contributed by atoms with Crippen molar-refractivity contribution in [2.45, 2.75) is 45.1 Å². The van der Waals surface area contributed by atoms with Crippen molar-refractivity contribution in [2.75, 3.05) is 6.54 Å². The number of hydrogen-bond acceptors (Lipinski definition) is 4. The highest BCUT2D eigenvalue weighted by Crippen LogP contribution is 2.20. The van der Waals surface area contributed by atoms with Crippen LogP contribution in [0.4, 0.5) is 0 Å². The molecular formula is C16H21N3O. The van der Waals surface area contributed by atoms with Gasteiger partial charge < -0.3 is 9.73 Å². The molecular weight excluding hydrogens is 250 g/mol. The zero-order valence-corrected chi connectivity index (χ0v) is 11.9. The van der Waals surface area contributed by atoms with Crippen molar-refractivity contribution < 1.29 is 4.42 Å². The molecule has 0 saturated heterocycles. The van der Waals surface area contributed by atoms with E-state index in [2.05, 4.69) is 34.6 Å². The van der Waals surface area contributed by atoms with Gasteiger partial charge in [-0.3, -0.25) is 0 Å². The van der Waals surface area contributed by atoms with Gasteiger partial charge in [-0.05, 0) is 49.9 Å². The monoisotopic (exact) mass is 271 g/mol. The molecule has 4 heteroatoms. The molecule has 1 heterocycles. The van der Waals surface area contributed by atoms with Crippen LogP contribution in [0.3, 0.4) is 0 Å². The van der Waals surface area contributed by atoms with Crippen molar-refractivity contribution in [1.82, 2.24) is 15.5 Å². The van der Waals surface area contributed by atoms with Crippen molar-refractivity contribution in [1.29, 1.82) is 0 Å². The van der Waals surface area contributed by atoms with Gasteiger partial charge in [0.05, 0.1) is 0 Å². The lowest BCUT2D eigenvalue weighted by Gasteiger charge is -1.99. The third kappa shape index (κ3) is 3.45. The molecule has 0 radical (unpaired) electrons. The van der Waals surface area contributed by atoms with Crippen molar-refractivity contribution in [3.05, 3.63) is 35.7 Å². The summed E-state index contributed by atoms with van der Waals surface area (Å²) in [6.07, 6.45) is 5.60. The largest absolute Gasteiger partial charge is 0.421 e. The van der Waals surface area contributed by atoms with E-state index >= 15 is 0 Å². The number of nitrogens with one attached hydrogen (secondary N) is 1. The molecule has 0 unspecified atom stereocenters. The lowest BCUT2D eigenvalue weighted by molar-refractivity contribution is 0.491. The molecule has 0 atom stereocenters. The van der Waals surface area contributed by atoms with Gasteiger partial charge in [0.15, 0.2) is 0 Å². The third-order valence-electron chi connectivity index (χ3n) is 3.65. The summed E-state index contributed by atoms with van der Waals surface area (Å²) in [4.78, 5) is 0. The first-order valence-corrected chi connectivity index (χ1v) is 7.50. The number of benzene rings is 1. The normalized spacial score (nSPS) is 14.7. The van der Waals surface area contributed by atoms with Crippen LogP contribution < -0.4 is 5.32 Å². The lowest BCUT2D eigenvalue weighted by Crippen LogP contribution is -2.17. The molecule has 2 aromatic rings. The molecule has 1 aliphatic rings. The molecule has 1 aromatic heterocycles. The summed E-state index contributed by atoms with van der Waals surface area (Å²) in [6.45, 7) is 3.18. The van der Waals surface area contributed by atoms with E-state index in [9.17, 15) is 0 Å². The van der Waals surface area contributed by atoms with Gasteiger partial charge in [0.1, 0.15) is 0 Å². The molecule has 1 saturated carbocycles. The predicted octanol–water partition coefficient (Wildman–Crippen LogP) is 2.98. The number of nitrogens with zero attached hydrogens (tertiary/aromatic N) is 2. The standard InChI is InChI=1S/C16H21N3O/c1-2-12-5-7-13(8-6-12)16-19-18-15(20-16)4-3-11-17-14-9-10-14/h5-8,14,17H,2-4,9-11H2,1H3. The minimum atomic E-state index is 0.623. The average molecular weight is 271 g/mol. The Labute approximate surface area is 119 Å². The number of hydrogen-bond donors (Lipinski definition) is 1. The Morgan fingerprint density at radius 1 is 1.20 bits per heavy atom. The number of aryl methyl sites for hydroxylation is 2. The van der Waals surface area contributed by atoms with Crippen LogP contribution in [0.15, 0.2) is 28.7 Å². The maximum atomic E-state index is 5.72. The summed E-state index contributed by atoms with van der Waals surface area (Å²) in [6, 6.07) is 9.08. The van der Waals surface area contributed by atoms with Crippen LogP contribution in [-0.2, 0) is 12.8 Å². The maximum Gasteiger partial charge on any atom is 0.247 e. The van der Waals surface area contributed by atoms with Crippen molar-refractivity contribution in [3.8, 4) is 11.5 Å². The maximum absolute atomic E-state index is 5.72. The summed E-state index contributed by atoms with van der Waals surface area (Å²) in [5.41, 5.74) is 2.32. The number of rotatable bonds is 7. The zero-order chi connectivity index (χ0) is 13.8. The van der Waals surface area contributed by atoms with Gasteiger partial charge in [0.2, 0.25) is 11.8 Å². The Balaban J connectivity index is 1.54. The number of aromatic nitrogens is 2. The zero-order valence-electron chi connectivity index (χ0n) is 11.9. The van der Waals surface area contributed by atoms with E-state index in [1.165, 1.54) is 18.4 Å². The van der Waals surface area contributed by atoms with E-state index in [1.54, 1.807) is 0 Å². The highest BCUT2D eigenvalue weighted by molar-refractivity contribution is 5.52. The van der Waals surface area contributed by atoms with Gasteiger partial charge in [-0.1, -0.05) is 19.1 Å². The third-order valence-corrected chi connectivity index (χ3v) is 3.65. The second-order valence-corrected chi connectivity index (χ2v) is 5.38. The van der Waals surface area contributed by atoms with Gasteiger partial charge in [0, 0.05) is 18.0 Å². The van der Waals surface area contributed by atoms with Crippen LogP contribution in [0.2, 0.25) is 0 Å². The Morgan fingerprint density at radius 2 is 2.00 bits per heavy atom. The van der Waals surface area contributed by atoms with E-state index in [4.69, 9.17) is 4.42 Å². The smallest absolute Gasteiger partial charge is 0.247 e. The molecule has 1 fully saturated rings. The van der Waals surface area contributed by atoms with E-state index in [1.807, 2.05) is 12.1 Å². The molecule has 4 nitrogen and oxygen atoms in total. The quantitative estimate of drug-likeness (QED) is 0.787. The molecule has 1 aromatic carbocycles. The molecule has 1 N–H and O–H groups in total. The highest BCUT2D eigenvalue weighted by Gasteiger charge is 2.19. The molecule has 0 amide bonds. The molecule has 0 spiro atoms. The Kier molecular flexibility index (Phi) is 4.11. The summed E-state index contributed by atoms with van der Waals surface area (Å²) in [5, 5.41) is 11.7. The van der Waals surface area contributed by atoms with Crippen molar-refractivity contribution >= 4 is 0 Å². The fourth-order valence-corrected chi connectivity index (χ4v) is 2.19. The summed E-state index contributed by atoms with van der Waals surface area (Å²) in [5.74, 6) is 1.36.